The number of fused-ring (bicyclic) bond motifs is 1. The van der Waals surface area contributed by atoms with Crippen molar-refractivity contribution in [2.45, 2.75) is 37.5 Å². The molecule has 1 amide bonds. The fourth-order valence-electron chi connectivity index (χ4n) is 3.87. The summed E-state index contributed by atoms with van der Waals surface area (Å²) in [6, 6.07) is 10.7. The van der Waals surface area contributed by atoms with Crippen molar-refractivity contribution >= 4 is 21.6 Å². The maximum atomic E-state index is 13.4. The van der Waals surface area contributed by atoms with Gasteiger partial charge in [-0.15, -0.1) is 0 Å². The lowest BCUT2D eigenvalue weighted by Gasteiger charge is -2.15. The van der Waals surface area contributed by atoms with E-state index in [4.69, 9.17) is 0 Å². The van der Waals surface area contributed by atoms with Crippen LogP contribution in [-0.2, 0) is 22.9 Å². The summed E-state index contributed by atoms with van der Waals surface area (Å²) < 4.78 is 41.2. The van der Waals surface area contributed by atoms with Crippen molar-refractivity contribution in [3.05, 3.63) is 70.8 Å². The molecular weight excluding hydrogens is 431 g/mol. The smallest absolute Gasteiger partial charge is 0.276 e. The number of carbonyl (C=O) groups excluding carboxylic acids is 1. The highest BCUT2D eigenvalue weighted by Crippen LogP contribution is 2.29. The Kier molecular flexibility index (Phi) is 5.87. The van der Waals surface area contributed by atoms with E-state index in [1.54, 1.807) is 29.8 Å². The second-order valence-electron chi connectivity index (χ2n) is 8.09. The Hall–Kier alpha value is -3.04. The van der Waals surface area contributed by atoms with Crippen LogP contribution in [0.25, 0.3) is 5.69 Å². The van der Waals surface area contributed by atoms with Gasteiger partial charge in [0.05, 0.1) is 10.6 Å². The van der Waals surface area contributed by atoms with Gasteiger partial charge in [0.25, 0.3) is 5.91 Å². The maximum Gasteiger partial charge on any atom is 0.276 e. The highest BCUT2D eigenvalue weighted by Gasteiger charge is 2.26. The maximum absolute atomic E-state index is 13.4. The standard InChI is InChI=1S/C23H25FN4O3S/c1-15-8-13-18(32(30,31)27(2)3)14-20(15)25-23(29)22-19-6-4-5-7-21(19)28(26-22)17-11-9-16(24)10-12-17/h8-14H,4-7H2,1-3H3,(H,25,29). The van der Waals surface area contributed by atoms with Crippen molar-refractivity contribution in [3.63, 3.8) is 0 Å². The number of halogens is 1. The van der Waals surface area contributed by atoms with E-state index in [0.29, 0.717) is 17.1 Å². The lowest BCUT2D eigenvalue weighted by atomic mass is 9.95. The molecule has 1 aliphatic carbocycles. The predicted octanol–water partition coefficient (Wildman–Crippen LogP) is 3.70. The summed E-state index contributed by atoms with van der Waals surface area (Å²) >= 11 is 0. The van der Waals surface area contributed by atoms with Crippen molar-refractivity contribution in [1.29, 1.82) is 0 Å². The summed E-state index contributed by atoms with van der Waals surface area (Å²) in [4.78, 5) is 13.3. The number of aromatic nitrogens is 2. The molecule has 0 saturated carbocycles. The molecule has 0 bridgehead atoms. The number of carbonyl (C=O) groups is 1. The largest absolute Gasteiger partial charge is 0.320 e. The Morgan fingerprint density at radius 3 is 2.47 bits per heavy atom. The lowest BCUT2D eigenvalue weighted by Crippen LogP contribution is -2.22. The molecular formula is C23H25FN4O3S. The minimum atomic E-state index is -3.63. The third kappa shape index (κ3) is 4.05. The zero-order valence-electron chi connectivity index (χ0n) is 18.2. The number of aryl methyl sites for hydroxylation is 1. The van der Waals surface area contributed by atoms with Crippen LogP contribution < -0.4 is 5.32 Å². The van der Waals surface area contributed by atoms with E-state index in [0.717, 1.165) is 46.8 Å². The Morgan fingerprint density at radius 1 is 1.09 bits per heavy atom. The first-order valence-electron chi connectivity index (χ1n) is 10.4. The van der Waals surface area contributed by atoms with Crippen molar-refractivity contribution in [2.24, 2.45) is 0 Å². The molecule has 4 rings (SSSR count). The van der Waals surface area contributed by atoms with E-state index in [-0.39, 0.29) is 10.7 Å². The molecule has 32 heavy (non-hydrogen) atoms. The van der Waals surface area contributed by atoms with Gasteiger partial charge in [0.2, 0.25) is 10.0 Å². The minimum absolute atomic E-state index is 0.0993. The van der Waals surface area contributed by atoms with Crippen molar-refractivity contribution < 1.29 is 17.6 Å². The fraction of sp³-hybridized carbons (Fsp3) is 0.304. The molecule has 3 aromatic rings. The van der Waals surface area contributed by atoms with Gasteiger partial charge >= 0.3 is 0 Å². The molecule has 1 N–H and O–H groups in total. The number of sulfonamides is 1. The van der Waals surface area contributed by atoms with Crippen LogP contribution in [0.15, 0.2) is 47.4 Å². The van der Waals surface area contributed by atoms with E-state index in [1.807, 2.05) is 0 Å². The summed E-state index contributed by atoms with van der Waals surface area (Å²) in [6.07, 6.45) is 3.46. The quantitative estimate of drug-likeness (QED) is 0.635. The first-order chi connectivity index (χ1) is 15.2. The number of rotatable bonds is 5. The van der Waals surface area contributed by atoms with Gasteiger partial charge in [-0.2, -0.15) is 5.10 Å². The molecule has 168 valence electrons. The topological polar surface area (TPSA) is 84.3 Å². The third-order valence-corrected chi connectivity index (χ3v) is 7.51. The molecule has 0 aliphatic heterocycles. The van der Waals surface area contributed by atoms with Crippen LogP contribution in [0.5, 0.6) is 0 Å². The van der Waals surface area contributed by atoms with Gasteiger partial charge in [0.15, 0.2) is 5.69 Å². The van der Waals surface area contributed by atoms with Crippen molar-refractivity contribution in [2.75, 3.05) is 19.4 Å². The number of benzene rings is 2. The van der Waals surface area contributed by atoms with Crippen LogP contribution in [0.1, 0.15) is 40.2 Å². The monoisotopic (exact) mass is 456 g/mol. The molecule has 0 saturated heterocycles. The molecule has 2 aromatic carbocycles. The van der Waals surface area contributed by atoms with E-state index in [9.17, 15) is 17.6 Å². The van der Waals surface area contributed by atoms with Gasteiger partial charge in [-0.25, -0.2) is 21.8 Å². The average molecular weight is 457 g/mol. The van der Waals surface area contributed by atoms with E-state index in [2.05, 4.69) is 10.4 Å². The minimum Gasteiger partial charge on any atom is -0.320 e. The molecule has 1 aromatic heterocycles. The number of hydrogen-bond acceptors (Lipinski definition) is 4. The zero-order chi connectivity index (χ0) is 23.0. The Balaban J connectivity index is 1.71. The van der Waals surface area contributed by atoms with Gasteiger partial charge in [0.1, 0.15) is 5.82 Å². The molecule has 0 atom stereocenters. The lowest BCUT2D eigenvalue weighted by molar-refractivity contribution is 0.102. The molecule has 1 heterocycles. The van der Waals surface area contributed by atoms with Gasteiger partial charge in [-0.1, -0.05) is 6.07 Å². The van der Waals surface area contributed by atoms with Gasteiger partial charge in [-0.3, -0.25) is 4.79 Å². The summed E-state index contributed by atoms with van der Waals surface area (Å²) in [7, 11) is -0.714. The molecule has 9 heteroatoms. The van der Waals surface area contributed by atoms with Crippen molar-refractivity contribution in [3.8, 4) is 5.69 Å². The molecule has 0 fully saturated rings. The number of anilines is 1. The first-order valence-corrected chi connectivity index (χ1v) is 11.8. The van der Waals surface area contributed by atoms with Crippen LogP contribution >= 0.6 is 0 Å². The number of hydrogen-bond donors (Lipinski definition) is 1. The molecule has 0 unspecified atom stereocenters. The van der Waals surface area contributed by atoms with Crippen LogP contribution in [0, 0.1) is 12.7 Å². The highest BCUT2D eigenvalue weighted by molar-refractivity contribution is 7.89. The predicted molar refractivity (Wildman–Crippen MR) is 120 cm³/mol. The van der Waals surface area contributed by atoms with Crippen LogP contribution in [0.3, 0.4) is 0 Å². The molecule has 7 nitrogen and oxygen atoms in total. The zero-order valence-corrected chi connectivity index (χ0v) is 19.0. The Labute approximate surface area is 186 Å². The summed E-state index contributed by atoms with van der Waals surface area (Å²) in [5.41, 5.74) is 3.99. The summed E-state index contributed by atoms with van der Waals surface area (Å²) in [5.74, 6) is -0.734. The fourth-order valence-corrected chi connectivity index (χ4v) is 4.79. The Morgan fingerprint density at radius 2 is 1.78 bits per heavy atom. The second kappa shape index (κ2) is 8.48. The van der Waals surface area contributed by atoms with Gasteiger partial charge in [0, 0.05) is 31.0 Å². The summed E-state index contributed by atoms with van der Waals surface area (Å²) in [5, 5.41) is 7.42. The average Bonchev–Trinajstić information content (AvgIpc) is 3.15. The molecule has 0 spiro atoms. The molecule has 1 aliphatic rings. The number of nitrogens with one attached hydrogen (secondary N) is 1. The Bertz CT molecular complexity index is 1280. The number of nitrogens with zero attached hydrogens (tertiary/aromatic N) is 3. The van der Waals surface area contributed by atoms with Crippen LogP contribution in [-0.4, -0.2) is 42.5 Å². The number of amides is 1. The van der Waals surface area contributed by atoms with E-state index < -0.39 is 15.9 Å². The third-order valence-electron chi connectivity index (χ3n) is 5.70. The normalized spacial score (nSPS) is 13.8. The van der Waals surface area contributed by atoms with Crippen molar-refractivity contribution in [1.82, 2.24) is 14.1 Å². The SMILES string of the molecule is Cc1ccc(S(=O)(=O)N(C)C)cc1NC(=O)c1nn(-c2ccc(F)cc2)c2c1CCCC2. The van der Waals surface area contributed by atoms with Crippen LogP contribution in [0.2, 0.25) is 0 Å². The molecule has 0 radical (unpaired) electrons. The van der Waals surface area contributed by atoms with Gasteiger partial charge < -0.3 is 5.32 Å². The van der Waals surface area contributed by atoms with Crippen LogP contribution in [0.4, 0.5) is 10.1 Å². The second-order valence-corrected chi connectivity index (χ2v) is 10.2. The van der Waals surface area contributed by atoms with E-state index in [1.165, 1.54) is 38.4 Å². The highest BCUT2D eigenvalue weighted by atomic mass is 32.2. The summed E-state index contributed by atoms with van der Waals surface area (Å²) in [6.45, 7) is 1.80. The van der Waals surface area contributed by atoms with E-state index >= 15 is 0 Å². The first kappa shape index (κ1) is 22.2. The van der Waals surface area contributed by atoms with Gasteiger partial charge in [-0.05, 0) is 74.6 Å².